The number of ether oxygens (including phenoxy) is 1. The van der Waals surface area contributed by atoms with Gasteiger partial charge in [0, 0.05) is 49.1 Å². The van der Waals surface area contributed by atoms with E-state index in [-0.39, 0.29) is 6.01 Å². The number of piperazine rings is 1. The van der Waals surface area contributed by atoms with Crippen molar-refractivity contribution in [2.75, 3.05) is 58.3 Å². The number of methoxy groups -OCH3 is 1. The van der Waals surface area contributed by atoms with Crippen molar-refractivity contribution in [2.45, 2.75) is 19.8 Å². The minimum atomic E-state index is -0.951. The van der Waals surface area contributed by atoms with Crippen LogP contribution in [0, 0.1) is 11.3 Å². The lowest BCUT2D eigenvalue weighted by Crippen LogP contribution is -2.49. The van der Waals surface area contributed by atoms with E-state index in [0.29, 0.717) is 42.7 Å². The second-order valence-electron chi connectivity index (χ2n) is 10.2. The maximum absolute atomic E-state index is 13.3. The summed E-state index contributed by atoms with van der Waals surface area (Å²) >= 11 is 6.52. The van der Waals surface area contributed by atoms with Crippen molar-refractivity contribution in [3.8, 4) is 23.3 Å². The lowest BCUT2D eigenvalue weighted by Gasteiger charge is -2.35. The second kappa shape index (κ2) is 14.7. The van der Waals surface area contributed by atoms with Crippen LogP contribution in [0.5, 0.6) is 6.01 Å². The zero-order valence-corrected chi connectivity index (χ0v) is 25.4. The van der Waals surface area contributed by atoms with Crippen molar-refractivity contribution in [3.63, 3.8) is 0 Å². The van der Waals surface area contributed by atoms with Crippen molar-refractivity contribution >= 4 is 45.1 Å². The first kappa shape index (κ1) is 31.6. The predicted molar refractivity (Wildman–Crippen MR) is 169 cm³/mol. The molecule has 0 spiro atoms. The van der Waals surface area contributed by atoms with Gasteiger partial charge in [0.25, 0.3) is 5.91 Å². The molecule has 0 unspecified atom stereocenters. The molecule has 0 radical (unpaired) electrons. The van der Waals surface area contributed by atoms with Gasteiger partial charge in [-0.15, -0.1) is 0 Å². The number of nitrogens with zero attached hydrogens (tertiary/aromatic N) is 7. The molecule has 1 amide bonds. The molecule has 0 saturated carbocycles. The molecule has 0 aliphatic carbocycles. The van der Waals surface area contributed by atoms with Gasteiger partial charge in [0.05, 0.1) is 24.3 Å². The van der Waals surface area contributed by atoms with Crippen LogP contribution in [0.25, 0.3) is 33.1 Å². The molecule has 0 bridgehead atoms. The van der Waals surface area contributed by atoms with Crippen molar-refractivity contribution in [3.05, 3.63) is 66.0 Å². The summed E-state index contributed by atoms with van der Waals surface area (Å²) in [7, 11) is 3.68. The lowest BCUT2D eigenvalue weighted by atomic mass is 10.0. The van der Waals surface area contributed by atoms with E-state index in [9.17, 15) is 9.18 Å². The molecule has 2 fully saturated rings. The third-order valence-corrected chi connectivity index (χ3v) is 7.57. The Kier molecular flexibility index (Phi) is 10.8. The zero-order valence-electron chi connectivity index (χ0n) is 24.7. The molecule has 11 heteroatoms. The van der Waals surface area contributed by atoms with Crippen LogP contribution >= 0.6 is 11.6 Å². The number of benzene rings is 2. The molecule has 6 rings (SSSR count). The molecule has 4 aromatic rings. The molecule has 2 aromatic carbocycles. The van der Waals surface area contributed by atoms with Crippen LogP contribution in [-0.4, -0.2) is 84.1 Å². The largest absolute Gasteiger partial charge is 0.467 e. The molecule has 2 aliphatic rings. The van der Waals surface area contributed by atoms with E-state index in [1.807, 2.05) is 53.4 Å². The Morgan fingerprint density at radius 2 is 1.65 bits per heavy atom. The Morgan fingerprint density at radius 3 is 2.23 bits per heavy atom. The number of likely N-dealkylation sites (tertiary alicyclic amines) is 1. The first-order valence-electron chi connectivity index (χ1n) is 14.1. The maximum atomic E-state index is 13.3. The van der Waals surface area contributed by atoms with Crippen molar-refractivity contribution in [1.82, 2.24) is 24.8 Å². The fourth-order valence-corrected chi connectivity index (χ4v) is 5.42. The summed E-state index contributed by atoms with van der Waals surface area (Å²) in [6.07, 6.45) is 2.83. The van der Waals surface area contributed by atoms with Gasteiger partial charge in [-0.2, -0.15) is 15.2 Å². The van der Waals surface area contributed by atoms with Crippen LogP contribution in [0.2, 0.25) is 5.02 Å². The van der Waals surface area contributed by atoms with E-state index in [0.717, 1.165) is 27.4 Å². The SMILES string of the molecule is C=C(F)C(=O)N1CCN(c2nc(OC)nc3nc(-c4cccc5cccc(Cl)c45)ccc23)CC1.CC#N.CN1CCCC1. The van der Waals surface area contributed by atoms with E-state index < -0.39 is 11.7 Å². The van der Waals surface area contributed by atoms with E-state index in [1.165, 1.54) is 44.9 Å². The highest BCUT2D eigenvalue weighted by Crippen LogP contribution is 2.35. The van der Waals surface area contributed by atoms with Crippen LogP contribution in [-0.2, 0) is 4.79 Å². The van der Waals surface area contributed by atoms with Gasteiger partial charge in [0.15, 0.2) is 11.5 Å². The number of anilines is 1. The van der Waals surface area contributed by atoms with Crippen LogP contribution < -0.4 is 9.64 Å². The Bertz CT molecular complexity index is 1640. The summed E-state index contributed by atoms with van der Waals surface area (Å²) < 4.78 is 18.6. The Morgan fingerprint density at radius 1 is 1.00 bits per heavy atom. The summed E-state index contributed by atoms with van der Waals surface area (Å²) in [5, 5.41) is 10.7. The number of nitriles is 1. The third kappa shape index (κ3) is 7.55. The topological polar surface area (TPSA) is 98.5 Å². The Hall–Kier alpha value is -4.33. The molecular formula is C32H35ClFN7O2. The van der Waals surface area contributed by atoms with Crippen molar-refractivity contribution in [1.29, 1.82) is 5.26 Å². The van der Waals surface area contributed by atoms with Gasteiger partial charge >= 0.3 is 6.01 Å². The van der Waals surface area contributed by atoms with Crippen molar-refractivity contribution < 1.29 is 13.9 Å². The van der Waals surface area contributed by atoms with E-state index in [2.05, 4.69) is 28.5 Å². The number of hydrogen-bond donors (Lipinski definition) is 0. The summed E-state index contributed by atoms with van der Waals surface area (Å²) in [5.74, 6) is -0.972. The average molecular weight is 604 g/mol. The molecule has 2 aromatic heterocycles. The van der Waals surface area contributed by atoms with E-state index in [1.54, 1.807) is 6.07 Å². The first-order valence-corrected chi connectivity index (χ1v) is 14.4. The number of halogens is 2. The fourth-order valence-electron chi connectivity index (χ4n) is 5.13. The molecule has 2 aliphatic heterocycles. The predicted octanol–water partition coefficient (Wildman–Crippen LogP) is 5.88. The second-order valence-corrected chi connectivity index (χ2v) is 10.6. The highest BCUT2D eigenvalue weighted by Gasteiger charge is 2.25. The fraction of sp³-hybridized carbons (Fsp3) is 0.344. The molecular weight excluding hydrogens is 569 g/mol. The maximum Gasteiger partial charge on any atom is 0.320 e. The van der Waals surface area contributed by atoms with Gasteiger partial charge in [-0.25, -0.2) is 9.37 Å². The summed E-state index contributed by atoms with van der Waals surface area (Å²) in [6, 6.07) is 17.6. The number of amides is 1. The summed E-state index contributed by atoms with van der Waals surface area (Å²) in [4.78, 5) is 31.6. The van der Waals surface area contributed by atoms with Crippen LogP contribution in [0.15, 0.2) is 60.9 Å². The van der Waals surface area contributed by atoms with Gasteiger partial charge in [0.2, 0.25) is 0 Å². The standard InChI is InChI=1S/C25H21ClFN5O2.C5H11N.C2H3N/c1-15(27)24(33)32-13-11-31(12-14-32)23-18-9-10-20(28-22(18)29-25(30-23)34-2)17-7-3-5-16-6-4-8-19(26)21(16)17;1-6-4-2-3-5-6;1-2-3/h3-10H,1,11-14H2,2H3;2-5H2,1H3;1H3. The quantitative estimate of drug-likeness (QED) is 0.267. The van der Waals surface area contributed by atoms with Crippen LogP contribution in [0.3, 0.4) is 0 Å². The first-order chi connectivity index (χ1) is 20.8. The smallest absolute Gasteiger partial charge is 0.320 e. The number of carbonyl (C=O) groups is 1. The number of rotatable bonds is 4. The lowest BCUT2D eigenvalue weighted by molar-refractivity contribution is -0.128. The highest BCUT2D eigenvalue weighted by molar-refractivity contribution is 6.36. The molecule has 0 N–H and O–H groups in total. The van der Waals surface area contributed by atoms with Crippen molar-refractivity contribution in [2.24, 2.45) is 0 Å². The highest BCUT2D eigenvalue weighted by atomic mass is 35.5. The molecule has 0 atom stereocenters. The van der Waals surface area contributed by atoms with E-state index in [4.69, 9.17) is 26.6 Å². The molecule has 224 valence electrons. The van der Waals surface area contributed by atoms with Gasteiger partial charge in [-0.3, -0.25) is 4.79 Å². The number of aromatic nitrogens is 3. The molecule has 2 saturated heterocycles. The normalized spacial score (nSPS) is 14.8. The van der Waals surface area contributed by atoms with Gasteiger partial charge in [0.1, 0.15) is 5.82 Å². The minimum Gasteiger partial charge on any atom is -0.467 e. The number of carbonyl (C=O) groups excluding carboxylic acids is 1. The van der Waals surface area contributed by atoms with Gasteiger partial charge < -0.3 is 19.4 Å². The number of pyridine rings is 1. The Balaban J connectivity index is 0.000000408. The monoisotopic (exact) mass is 603 g/mol. The zero-order chi connectivity index (χ0) is 30.9. The molecule has 4 heterocycles. The van der Waals surface area contributed by atoms with Crippen LogP contribution in [0.1, 0.15) is 19.8 Å². The minimum absolute atomic E-state index is 0.193. The Labute approximate surface area is 256 Å². The van der Waals surface area contributed by atoms with Crippen LogP contribution in [0.4, 0.5) is 10.2 Å². The van der Waals surface area contributed by atoms with E-state index >= 15 is 0 Å². The van der Waals surface area contributed by atoms with Gasteiger partial charge in [-0.05, 0) is 56.6 Å². The molecule has 43 heavy (non-hydrogen) atoms. The third-order valence-electron chi connectivity index (χ3n) is 7.26. The average Bonchev–Trinajstić information content (AvgIpc) is 3.51. The number of hydrogen-bond acceptors (Lipinski definition) is 8. The van der Waals surface area contributed by atoms with Gasteiger partial charge in [-0.1, -0.05) is 48.5 Å². The summed E-state index contributed by atoms with van der Waals surface area (Å²) in [6.45, 7) is 8.85. The number of fused-ring (bicyclic) bond motifs is 2. The summed E-state index contributed by atoms with van der Waals surface area (Å²) in [5.41, 5.74) is 2.12. The molecule has 9 nitrogen and oxygen atoms in total.